The molecule has 3 nitrogen and oxygen atoms in total. The lowest BCUT2D eigenvalue weighted by Crippen LogP contribution is -2.12. The van der Waals surface area contributed by atoms with Crippen LogP contribution < -0.4 is 4.74 Å². The van der Waals surface area contributed by atoms with Crippen molar-refractivity contribution >= 4 is 29.2 Å². The van der Waals surface area contributed by atoms with E-state index in [0.717, 1.165) is 23.3 Å². The van der Waals surface area contributed by atoms with E-state index >= 15 is 0 Å². The van der Waals surface area contributed by atoms with E-state index in [-0.39, 0.29) is 28.4 Å². The Morgan fingerprint density at radius 2 is 2.17 bits per heavy atom. The molecule has 23 heavy (non-hydrogen) atoms. The normalized spacial score (nSPS) is 22.4. The van der Waals surface area contributed by atoms with Gasteiger partial charge in [-0.3, -0.25) is 4.79 Å². The molecule has 0 saturated heterocycles. The predicted molar refractivity (Wildman–Crippen MR) is 92.8 cm³/mol. The van der Waals surface area contributed by atoms with Crippen LogP contribution in [0.2, 0.25) is 0 Å². The van der Waals surface area contributed by atoms with Crippen LogP contribution in [-0.4, -0.2) is 12.6 Å². The average molecular weight is 357 g/mol. The van der Waals surface area contributed by atoms with Gasteiger partial charge in [-0.25, -0.2) is 0 Å². The molecule has 2 atom stereocenters. The molecule has 1 aliphatic carbocycles. The van der Waals surface area contributed by atoms with Crippen LogP contribution in [0.3, 0.4) is 0 Å². The van der Waals surface area contributed by atoms with Crippen molar-refractivity contribution in [3.63, 3.8) is 0 Å². The van der Waals surface area contributed by atoms with E-state index in [2.05, 4.69) is 0 Å². The number of hydrogen-bond donors (Lipinski definition) is 0. The Bertz CT molecular complexity index is 608. The summed E-state index contributed by atoms with van der Waals surface area (Å²) in [6.45, 7) is 6.78. The minimum Gasteiger partial charge on any atom is -0.493 e. The van der Waals surface area contributed by atoms with Crippen molar-refractivity contribution in [2.75, 3.05) is 6.61 Å². The van der Waals surface area contributed by atoms with Crippen molar-refractivity contribution in [3.8, 4) is 5.75 Å². The number of halogens is 2. The molecule has 1 fully saturated rings. The van der Waals surface area contributed by atoms with Crippen LogP contribution in [0.25, 0.3) is 0 Å². The van der Waals surface area contributed by atoms with Gasteiger partial charge in [0, 0.05) is 5.56 Å². The number of para-hydroxylation sites is 1. The number of rotatable bonds is 7. The Morgan fingerprint density at radius 3 is 2.83 bits per heavy atom. The summed E-state index contributed by atoms with van der Waals surface area (Å²) in [5.74, 6) is 0.542. The molecule has 5 heteroatoms. The summed E-state index contributed by atoms with van der Waals surface area (Å²) in [5.41, 5.74) is 1.84. The predicted octanol–water partition coefficient (Wildman–Crippen LogP) is 5.17. The van der Waals surface area contributed by atoms with Crippen LogP contribution in [0.1, 0.15) is 37.8 Å². The number of aryl methyl sites for hydroxylation is 1. The van der Waals surface area contributed by atoms with E-state index < -0.39 is 0 Å². The number of benzene rings is 1. The van der Waals surface area contributed by atoms with E-state index in [1.165, 1.54) is 0 Å². The van der Waals surface area contributed by atoms with E-state index in [1.54, 1.807) is 6.08 Å². The minimum atomic E-state index is -0.171. The highest BCUT2D eigenvalue weighted by Crippen LogP contribution is 2.56. The Kier molecular flexibility index (Phi) is 5.99. The van der Waals surface area contributed by atoms with Crippen LogP contribution in [-0.2, 0) is 16.1 Å². The summed E-state index contributed by atoms with van der Waals surface area (Å²) in [6.07, 6.45) is 3.23. The van der Waals surface area contributed by atoms with Crippen molar-refractivity contribution in [2.24, 2.45) is 11.3 Å². The SMILES string of the molecule is CCOc1c(C)cccc1COC(=O)C1CC1(C)CC=C(Cl)Cl. The Morgan fingerprint density at radius 1 is 1.43 bits per heavy atom. The van der Waals surface area contributed by atoms with Gasteiger partial charge in [-0.2, -0.15) is 0 Å². The van der Waals surface area contributed by atoms with Gasteiger partial charge < -0.3 is 9.47 Å². The van der Waals surface area contributed by atoms with E-state index in [4.69, 9.17) is 32.7 Å². The fraction of sp³-hybridized carbons (Fsp3) is 0.500. The van der Waals surface area contributed by atoms with Gasteiger partial charge in [0.1, 0.15) is 16.8 Å². The molecule has 1 aromatic rings. The zero-order valence-corrected chi connectivity index (χ0v) is 15.2. The lowest BCUT2D eigenvalue weighted by molar-refractivity contribution is -0.147. The fourth-order valence-corrected chi connectivity index (χ4v) is 2.89. The van der Waals surface area contributed by atoms with Gasteiger partial charge >= 0.3 is 5.97 Å². The number of esters is 1. The molecule has 0 spiro atoms. The quantitative estimate of drug-likeness (QED) is 0.632. The maximum atomic E-state index is 12.2. The van der Waals surface area contributed by atoms with Crippen LogP contribution in [0.5, 0.6) is 5.75 Å². The average Bonchev–Trinajstić information content (AvgIpc) is 3.18. The van der Waals surface area contributed by atoms with Crippen LogP contribution in [0, 0.1) is 18.3 Å². The van der Waals surface area contributed by atoms with Crippen LogP contribution in [0.4, 0.5) is 0 Å². The topological polar surface area (TPSA) is 35.5 Å². The minimum absolute atomic E-state index is 0.0909. The highest BCUT2D eigenvalue weighted by atomic mass is 35.5. The number of ether oxygens (including phenoxy) is 2. The van der Waals surface area contributed by atoms with E-state index in [9.17, 15) is 4.79 Å². The molecular formula is C18H22Cl2O3. The first kappa shape index (κ1) is 18.2. The van der Waals surface area contributed by atoms with Gasteiger partial charge in [-0.15, -0.1) is 0 Å². The highest BCUT2D eigenvalue weighted by molar-refractivity contribution is 6.55. The first-order valence-corrected chi connectivity index (χ1v) is 8.52. The van der Waals surface area contributed by atoms with Gasteiger partial charge in [0.05, 0.1) is 12.5 Å². The summed E-state index contributed by atoms with van der Waals surface area (Å²) < 4.78 is 11.4. The summed E-state index contributed by atoms with van der Waals surface area (Å²) >= 11 is 11.3. The molecule has 1 aliphatic rings. The Labute approximate surface area is 147 Å². The van der Waals surface area contributed by atoms with Crippen molar-refractivity contribution in [1.29, 1.82) is 0 Å². The van der Waals surface area contributed by atoms with Crippen molar-refractivity contribution in [2.45, 2.75) is 40.2 Å². The monoisotopic (exact) mass is 356 g/mol. The second kappa shape index (κ2) is 7.59. The van der Waals surface area contributed by atoms with Crippen molar-refractivity contribution in [1.82, 2.24) is 0 Å². The summed E-state index contributed by atoms with van der Waals surface area (Å²) in [5, 5.41) is 0. The first-order valence-electron chi connectivity index (χ1n) is 7.76. The molecule has 2 rings (SSSR count). The van der Waals surface area contributed by atoms with Crippen molar-refractivity contribution in [3.05, 3.63) is 39.9 Å². The highest BCUT2D eigenvalue weighted by Gasteiger charge is 2.54. The van der Waals surface area contributed by atoms with Gasteiger partial charge in [-0.05, 0) is 37.7 Å². The van der Waals surface area contributed by atoms with E-state index in [1.807, 2.05) is 39.0 Å². The third kappa shape index (κ3) is 4.65. The summed E-state index contributed by atoms with van der Waals surface area (Å²) in [4.78, 5) is 12.2. The fourth-order valence-electron chi connectivity index (χ4n) is 2.74. The third-order valence-corrected chi connectivity index (χ3v) is 4.62. The molecular weight excluding hydrogens is 335 g/mol. The zero-order chi connectivity index (χ0) is 17.0. The lowest BCUT2D eigenvalue weighted by atomic mass is 10.0. The largest absolute Gasteiger partial charge is 0.493 e. The third-order valence-electron chi connectivity index (χ3n) is 4.31. The molecule has 0 aliphatic heterocycles. The van der Waals surface area contributed by atoms with Gasteiger partial charge in [0.15, 0.2) is 0 Å². The Hall–Kier alpha value is -1.19. The molecule has 126 valence electrons. The van der Waals surface area contributed by atoms with Crippen LogP contribution >= 0.6 is 23.2 Å². The smallest absolute Gasteiger partial charge is 0.309 e. The molecule has 2 unspecified atom stereocenters. The van der Waals surface area contributed by atoms with Crippen molar-refractivity contribution < 1.29 is 14.3 Å². The number of allylic oxidation sites excluding steroid dienone is 1. The number of hydrogen-bond acceptors (Lipinski definition) is 3. The molecule has 0 amide bonds. The standard InChI is InChI=1S/C18H22Cl2O3/c1-4-22-16-12(2)6-5-7-13(16)11-23-17(21)14-10-18(14,3)9-8-15(19)20/h5-8,14H,4,9-11H2,1-3H3. The van der Waals surface area contributed by atoms with E-state index in [0.29, 0.717) is 13.0 Å². The second-order valence-corrected chi connectivity index (χ2v) is 7.22. The summed E-state index contributed by atoms with van der Waals surface area (Å²) in [6, 6.07) is 5.85. The number of carbonyl (C=O) groups excluding carboxylic acids is 1. The zero-order valence-electron chi connectivity index (χ0n) is 13.7. The molecule has 1 aromatic carbocycles. The molecule has 0 heterocycles. The van der Waals surface area contributed by atoms with Crippen LogP contribution in [0.15, 0.2) is 28.8 Å². The molecule has 0 bridgehead atoms. The maximum absolute atomic E-state index is 12.2. The number of carbonyl (C=O) groups is 1. The molecule has 1 saturated carbocycles. The van der Waals surface area contributed by atoms with Gasteiger partial charge in [-0.1, -0.05) is 54.4 Å². The Balaban J connectivity index is 1.94. The van der Waals surface area contributed by atoms with Gasteiger partial charge in [0.25, 0.3) is 0 Å². The molecule has 0 radical (unpaired) electrons. The lowest BCUT2D eigenvalue weighted by Gasteiger charge is -2.14. The summed E-state index contributed by atoms with van der Waals surface area (Å²) in [7, 11) is 0. The second-order valence-electron chi connectivity index (χ2n) is 6.21. The maximum Gasteiger partial charge on any atom is 0.309 e. The molecule has 0 aromatic heterocycles. The first-order chi connectivity index (χ1) is 10.9. The molecule has 0 N–H and O–H groups in total. The van der Waals surface area contributed by atoms with Gasteiger partial charge in [0.2, 0.25) is 0 Å².